The summed E-state index contributed by atoms with van der Waals surface area (Å²) < 4.78 is 13.6. The molecule has 0 spiro atoms. The lowest BCUT2D eigenvalue weighted by Gasteiger charge is -2.20. The first-order valence-electron chi connectivity index (χ1n) is 8.52. The molecule has 5 heteroatoms. The summed E-state index contributed by atoms with van der Waals surface area (Å²) in [6, 6.07) is 11.6. The average molecular weight is 340 g/mol. The van der Waals surface area contributed by atoms with E-state index in [-0.39, 0.29) is 11.7 Å². The van der Waals surface area contributed by atoms with Gasteiger partial charge in [0.25, 0.3) is 0 Å². The zero-order chi connectivity index (χ0) is 17.8. The van der Waals surface area contributed by atoms with Crippen LogP contribution in [0.5, 0.6) is 0 Å². The first-order valence-corrected chi connectivity index (χ1v) is 8.52. The quantitative estimate of drug-likeness (QED) is 0.840. The van der Waals surface area contributed by atoms with Gasteiger partial charge < -0.3 is 10.6 Å². The zero-order valence-corrected chi connectivity index (χ0v) is 14.1. The summed E-state index contributed by atoms with van der Waals surface area (Å²) in [5, 5.41) is 4.96. The monoisotopic (exact) mass is 340 g/mol. The molecule has 4 nitrogen and oxygen atoms in total. The molecule has 3 rings (SSSR count). The van der Waals surface area contributed by atoms with Gasteiger partial charge in [0, 0.05) is 0 Å². The molecule has 1 atom stereocenters. The Balaban J connectivity index is 1.64. The molecule has 2 aromatic carbocycles. The topological polar surface area (TPSA) is 58.2 Å². The molecular formula is C20H21FN2O2. The van der Waals surface area contributed by atoms with Gasteiger partial charge in [0.2, 0.25) is 0 Å². The number of para-hydroxylation sites is 1. The molecule has 0 fully saturated rings. The van der Waals surface area contributed by atoms with E-state index >= 15 is 0 Å². The number of halogens is 1. The second-order valence-electron chi connectivity index (χ2n) is 6.36. The molecule has 2 amide bonds. The summed E-state index contributed by atoms with van der Waals surface area (Å²) in [6.45, 7) is 1.83. The van der Waals surface area contributed by atoms with E-state index in [1.165, 1.54) is 42.2 Å². The molecular weight excluding hydrogens is 319 g/mol. The summed E-state index contributed by atoms with van der Waals surface area (Å²) in [7, 11) is 0. The molecule has 1 aliphatic carbocycles. The minimum atomic E-state index is -0.880. The summed E-state index contributed by atoms with van der Waals surface area (Å²) in [5.41, 5.74) is 3.64. The Hall–Kier alpha value is -2.69. The van der Waals surface area contributed by atoms with Crippen LogP contribution in [-0.4, -0.2) is 11.8 Å². The summed E-state index contributed by atoms with van der Waals surface area (Å²) in [5.74, 6) is -2.24. The van der Waals surface area contributed by atoms with Crippen LogP contribution < -0.4 is 10.6 Å². The second kappa shape index (κ2) is 7.47. The van der Waals surface area contributed by atoms with Crippen LogP contribution >= 0.6 is 0 Å². The molecule has 0 aromatic heterocycles. The fourth-order valence-corrected chi connectivity index (χ4v) is 3.11. The molecule has 1 unspecified atom stereocenters. The van der Waals surface area contributed by atoms with Gasteiger partial charge in [-0.25, -0.2) is 4.39 Å². The van der Waals surface area contributed by atoms with Crippen molar-refractivity contribution in [1.82, 2.24) is 5.32 Å². The van der Waals surface area contributed by atoms with Gasteiger partial charge in [-0.2, -0.15) is 0 Å². The van der Waals surface area contributed by atoms with Gasteiger partial charge in [0.05, 0.1) is 11.7 Å². The van der Waals surface area contributed by atoms with Gasteiger partial charge >= 0.3 is 11.8 Å². The number of rotatable bonds is 3. The van der Waals surface area contributed by atoms with Gasteiger partial charge in [0.1, 0.15) is 5.82 Å². The molecule has 2 N–H and O–H groups in total. The van der Waals surface area contributed by atoms with Crippen molar-refractivity contribution in [2.24, 2.45) is 0 Å². The summed E-state index contributed by atoms with van der Waals surface area (Å²) >= 11 is 0. The lowest BCUT2D eigenvalue weighted by Crippen LogP contribution is -2.37. The summed E-state index contributed by atoms with van der Waals surface area (Å²) in [4.78, 5) is 24.1. The van der Waals surface area contributed by atoms with E-state index < -0.39 is 17.6 Å². The maximum Gasteiger partial charge on any atom is 0.313 e. The number of nitrogens with one attached hydrogen (secondary N) is 2. The van der Waals surface area contributed by atoms with Crippen molar-refractivity contribution < 1.29 is 14.0 Å². The van der Waals surface area contributed by atoms with E-state index in [0.29, 0.717) is 0 Å². The van der Waals surface area contributed by atoms with Gasteiger partial charge in [-0.05, 0) is 61.4 Å². The Kier molecular flexibility index (Phi) is 5.12. The third-order valence-corrected chi connectivity index (χ3v) is 4.55. The molecule has 25 heavy (non-hydrogen) atoms. The zero-order valence-electron chi connectivity index (χ0n) is 14.1. The minimum Gasteiger partial charge on any atom is -0.341 e. The number of anilines is 1. The van der Waals surface area contributed by atoms with Gasteiger partial charge in [-0.1, -0.05) is 30.3 Å². The maximum atomic E-state index is 13.6. The van der Waals surface area contributed by atoms with Crippen LogP contribution in [0.1, 0.15) is 42.5 Å². The van der Waals surface area contributed by atoms with Gasteiger partial charge in [-0.15, -0.1) is 0 Å². The van der Waals surface area contributed by atoms with Crippen LogP contribution in [-0.2, 0) is 22.4 Å². The number of amides is 2. The third-order valence-electron chi connectivity index (χ3n) is 4.55. The number of carbonyl (C=O) groups excluding carboxylic acids is 2. The minimum absolute atomic E-state index is 0.0101. The first-order chi connectivity index (χ1) is 12.0. The highest BCUT2D eigenvalue weighted by Gasteiger charge is 2.19. The molecule has 0 saturated heterocycles. The highest BCUT2D eigenvalue weighted by molar-refractivity contribution is 6.39. The summed E-state index contributed by atoms with van der Waals surface area (Å²) in [6.07, 6.45) is 4.55. The van der Waals surface area contributed by atoms with Crippen LogP contribution in [0, 0.1) is 5.82 Å². The Morgan fingerprint density at radius 1 is 1.00 bits per heavy atom. The maximum absolute atomic E-state index is 13.6. The third kappa shape index (κ3) is 4.05. The SMILES string of the molecule is CC(NC(=O)C(=O)Nc1ccccc1F)c1ccc2c(c1)CCCC2. The van der Waals surface area contributed by atoms with Crippen molar-refractivity contribution >= 4 is 17.5 Å². The fourth-order valence-electron chi connectivity index (χ4n) is 3.11. The smallest absolute Gasteiger partial charge is 0.313 e. The molecule has 0 heterocycles. The van der Waals surface area contributed by atoms with Crippen molar-refractivity contribution in [2.45, 2.75) is 38.6 Å². The van der Waals surface area contributed by atoms with E-state index in [1.54, 1.807) is 6.07 Å². The number of fused-ring (bicyclic) bond motifs is 1. The second-order valence-corrected chi connectivity index (χ2v) is 6.36. The Morgan fingerprint density at radius 2 is 1.72 bits per heavy atom. The van der Waals surface area contributed by atoms with Crippen molar-refractivity contribution in [3.05, 3.63) is 65.0 Å². The Morgan fingerprint density at radius 3 is 2.48 bits per heavy atom. The van der Waals surface area contributed by atoms with E-state index in [0.717, 1.165) is 18.4 Å². The Bertz CT molecular complexity index is 804. The highest BCUT2D eigenvalue weighted by Crippen LogP contribution is 2.24. The van der Waals surface area contributed by atoms with E-state index in [4.69, 9.17) is 0 Å². The first kappa shape index (κ1) is 17.1. The van der Waals surface area contributed by atoms with Gasteiger partial charge in [-0.3, -0.25) is 9.59 Å². The molecule has 0 radical (unpaired) electrons. The van der Waals surface area contributed by atoms with Crippen molar-refractivity contribution in [3.8, 4) is 0 Å². The van der Waals surface area contributed by atoms with Crippen LogP contribution in [0.25, 0.3) is 0 Å². The molecule has 0 aliphatic heterocycles. The van der Waals surface area contributed by atoms with Crippen molar-refractivity contribution in [1.29, 1.82) is 0 Å². The predicted octanol–water partition coefficient (Wildman–Crippen LogP) is 3.52. The van der Waals surface area contributed by atoms with Crippen LogP contribution in [0.2, 0.25) is 0 Å². The standard InChI is InChI=1S/C20H21FN2O2/c1-13(15-11-10-14-6-2-3-7-16(14)12-15)22-19(24)20(25)23-18-9-5-4-8-17(18)21/h4-5,8-13H,2-3,6-7H2,1H3,(H,22,24)(H,23,25). The molecule has 0 saturated carbocycles. The number of hydrogen-bond donors (Lipinski definition) is 2. The molecule has 130 valence electrons. The molecule has 2 aromatic rings. The van der Waals surface area contributed by atoms with E-state index in [1.807, 2.05) is 13.0 Å². The predicted molar refractivity (Wildman–Crippen MR) is 94.7 cm³/mol. The average Bonchev–Trinajstić information content (AvgIpc) is 2.63. The number of hydrogen-bond acceptors (Lipinski definition) is 2. The largest absolute Gasteiger partial charge is 0.341 e. The number of carbonyl (C=O) groups is 2. The lowest BCUT2D eigenvalue weighted by atomic mass is 9.89. The van der Waals surface area contributed by atoms with Crippen molar-refractivity contribution in [2.75, 3.05) is 5.32 Å². The number of aryl methyl sites for hydroxylation is 2. The van der Waals surface area contributed by atoms with E-state index in [2.05, 4.69) is 22.8 Å². The fraction of sp³-hybridized carbons (Fsp3) is 0.300. The van der Waals surface area contributed by atoms with Crippen LogP contribution in [0.15, 0.2) is 42.5 Å². The molecule has 0 bridgehead atoms. The van der Waals surface area contributed by atoms with Crippen molar-refractivity contribution in [3.63, 3.8) is 0 Å². The van der Waals surface area contributed by atoms with Crippen LogP contribution in [0.4, 0.5) is 10.1 Å². The normalized spacial score (nSPS) is 14.3. The van der Waals surface area contributed by atoms with Crippen LogP contribution in [0.3, 0.4) is 0 Å². The molecule has 1 aliphatic rings. The highest BCUT2D eigenvalue weighted by atomic mass is 19.1. The number of benzene rings is 2. The van der Waals surface area contributed by atoms with E-state index in [9.17, 15) is 14.0 Å². The Labute approximate surface area is 146 Å². The lowest BCUT2D eigenvalue weighted by molar-refractivity contribution is -0.136. The van der Waals surface area contributed by atoms with Gasteiger partial charge in [0.15, 0.2) is 0 Å².